The molecule has 0 aliphatic carbocycles. The average Bonchev–Trinajstić information content (AvgIpc) is 3.25. The molecule has 0 bridgehead atoms. The molecule has 0 aromatic heterocycles. The van der Waals surface area contributed by atoms with Gasteiger partial charge in [-0.05, 0) is 46.0 Å². The van der Waals surface area contributed by atoms with Crippen LogP contribution in [0, 0.1) is 0 Å². The Kier molecular flexibility index (Phi) is 5.31. The summed E-state index contributed by atoms with van der Waals surface area (Å²) in [7, 11) is 1.73. The highest BCUT2D eigenvalue weighted by Gasteiger charge is 2.23. The van der Waals surface area contributed by atoms with Crippen LogP contribution >= 0.6 is 0 Å². The van der Waals surface area contributed by atoms with Gasteiger partial charge in [-0.1, -0.05) is 66.7 Å². The smallest absolute Gasteiger partial charge is 0.132 e. The molecule has 0 spiro atoms. The lowest BCUT2D eigenvalue weighted by molar-refractivity contribution is 0.118. The number of rotatable bonds is 5. The van der Waals surface area contributed by atoms with E-state index in [0.717, 1.165) is 57.6 Å². The molecule has 1 heterocycles. The van der Waals surface area contributed by atoms with Crippen LogP contribution in [0.2, 0.25) is 0 Å². The number of phenolic OH excluding ortho intramolecular Hbond substituents is 1. The molecule has 156 valence electrons. The lowest BCUT2D eigenvalue weighted by Gasteiger charge is -2.20. The fourth-order valence-corrected chi connectivity index (χ4v) is 4.64. The monoisotopic (exact) mass is 410 g/mol. The summed E-state index contributed by atoms with van der Waals surface area (Å²) in [5.41, 5.74) is 2.61. The standard InChI is InChI=1S/C27H26N2O2/c1-31-18-22-11-7-15-29(22)28-17-21-16-20-9-3-5-13-24(20)26(27(21)30)25-14-6-10-19-8-2-4-12-23(19)25/h2-6,8-10,12-14,16-17,22,30H,7,11,15,18H2,1H3/b28-17+/t22-/m0/s1. The molecule has 0 saturated carbocycles. The molecule has 1 fully saturated rings. The summed E-state index contributed by atoms with van der Waals surface area (Å²) < 4.78 is 5.34. The van der Waals surface area contributed by atoms with E-state index in [1.807, 2.05) is 36.4 Å². The quantitative estimate of drug-likeness (QED) is 0.422. The van der Waals surface area contributed by atoms with Gasteiger partial charge in [-0.25, -0.2) is 0 Å². The highest BCUT2D eigenvalue weighted by molar-refractivity contribution is 6.10. The molecule has 0 unspecified atom stereocenters. The summed E-state index contributed by atoms with van der Waals surface area (Å²) in [6, 6.07) is 25.0. The van der Waals surface area contributed by atoms with Crippen molar-refractivity contribution in [3.8, 4) is 16.9 Å². The van der Waals surface area contributed by atoms with Crippen molar-refractivity contribution in [2.45, 2.75) is 18.9 Å². The van der Waals surface area contributed by atoms with E-state index in [2.05, 4.69) is 41.4 Å². The number of nitrogens with zero attached hydrogens (tertiary/aromatic N) is 2. The second-order valence-corrected chi connectivity index (χ2v) is 8.10. The predicted octanol–water partition coefficient (Wildman–Crippen LogP) is 5.81. The van der Waals surface area contributed by atoms with E-state index in [-0.39, 0.29) is 5.75 Å². The van der Waals surface area contributed by atoms with Crippen LogP contribution in [0.25, 0.3) is 32.7 Å². The number of methoxy groups -OCH3 is 1. The number of hydrogen-bond donors (Lipinski definition) is 1. The highest BCUT2D eigenvalue weighted by atomic mass is 16.5. The van der Waals surface area contributed by atoms with Crippen LogP contribution in [0.5, 0.6) is 5.75 Å². The van der Waals surface area contributed by atoms with Gasteiger partial charge in [-0.2, -0.15) is 5.10 Å². The molecule has 0 amide bonds. The largest absolute Gasteiger partial charge is 0.507 e. The van der Waals surface area contributed by atoms with Crippen LogP contribution in [-0.4, -0.2) is 42.6 Å². The zero-order valence-electron chi connectivity index (χ0n) is 17.7. The van der Waals surface area contributed by atoms with Gasteiger partial charge in [0.25, 0.3) is 0 Å². The maximum absolute atomic E-state index is 11.4. The summed E-state index contributed by atoms with van der Waals surface area (Å²) in [5, 5.41) is 22.6. The third-order valence-corrected chi connectivity index (χ3v) is 6.16. The molecule has 4 aromatic rings. The summed E-state index contributed by atoms with van der Waals surface area (Å²) in [5.74, 6) is 0.265. The van der Waals surface area contributed by atoms with Gasteiger partial charge in [0.1, 0.15) is 5.75 Å². The Hall–Kier alpha value is -3.37. The molecule has 4 heteroatoms. The lowest BCUT2D eigenvalue weighted by Crippen LogP contribution is -2.28. The average molecular weight is 411 g/mol. The van der Waals surface area contributed by atoms with Crippen molar-refractivity contribution in [2.75, 3.05) is 20.3 Å². The van der Waals surface area contributed by atoms with Gasteiger partial charge in [0.2, 0.25) is 0 Å². The van der Waals surface area contributed by atoms with E-state index >= 15 is 0 Å². The van der Waals surface area contributed by atoms with Crippen molar-refractivity contribution in [1.82, 2.24) is 5.01 Å². The van der Waals surface area contributed by atoms with Gasteiger partial charge in [-0.3, -0.25) is 5.01 Å². The number of aromatic hydroxyl groups is 1. The summed E-state index contributed by atoms with van der Waals surface area (Å²) in [4.78, 5) is 0. The maximum Gasteiger partial charge on any atom is 0.132 e. The van der Waals surface area contributed by atoms with E-state index in [0.29, 0.717) is 12.6 Å². The summed E-state index contributed by atoms with van der Waals surface area (Å²) in [6.07, 6.45) is 3.98. The van der Waals surface area contributed by atoms with Gasteiger partial charge in [-0.15, -0.1) is 0 Å². The van der Waals surface area contributed by atoms with Crippen molar-refractivity contribution < 1.29 is 9.84 Å². The Morgan fingerprint density at radius 2 is 1.74 bits per heavy atom. The van der Waals surface area contributed by atoms with Crippen LogP contribution in [0.4, 0.5) is 0 Å². The minimum atomic E-state index is 0.265. The summed E-state index contributed by atoms with van der Waals surface area (Å²) in [6.45, 7) is 1.58. The van der Waals surface area contributed by atoms with Crippen LogP contribution in [0.1, 0.15) is 18.4 Å². The number of benzene rings is 4. The number of hydrazone groups is 1. The maximum atomic E-state index is 11.4. The van der Waals surface area contributed by atoms with Crippen molar-refractivity contribution >= 4 is 27.8 Å². The van der Waals surface area contributed by atoms with E-state index in [1.165, 1.54) is 0 Å². The first-order valence-electron chi connectivity index (χ1n) is 10.8. The molecule has 1 atom stereocenters. The molecule has 31 heavy (non-hydrogen) atoms. The van der Waals surface area contributed by atoms with Crippen LogP contribution in [0.15, 0.2) is 77.9 Å². The Morgan fingerprint density at radius 1 is 1.00 bits per heavy atom. The topological polar surface area (TPSA) is 45.1 Å². The Balaban J connectivity index is 1.67. The van der Waals surface area contributed by atoms with Gasteiger partial charge in [0.15, 0.2) is 0 Å². The van der Waals surface area contributed by atoms with E-state index < -0.39 is 0 Å². The Labute approximate surface area is 182 Å². The first-order chi connectivity index (χ1) is 15.3. The number of phenols is 1. The third-order valence-electron chi connectivity index (χ3n) is 6.16. The molecule has 1 N–H and O–H groups in total. The van der Waals surface area contributed by atoms with Crippen molar-refractivity contribution in [3.63, 3.8) is 0 Å². The molecule has 4 nitrogen and oxygen atoms in total. The second kappa shape index (κ2) is 8.40. The fraction of sp³-hybridized carbons (Fsp3) is 0.222. The normalized spacial score (nSPS) is 16.7. The van der Waals surface area contributed by atoms with Gasteiger partial charge >= 0.3 is 0 Å². The van der Waals surface area contributed by atoms with E-state index in [4.69, 9.17) is 9.84 Å². The molecule has 1 aliphatic heterocycles. The van der Waals surface area contributed by atoms with Gasteiger partial charge in [0.05, 0.1) is 18.9 Å². The van der Waals surface area contributed by atoms with E-state index in [9.17, 15) is 5.11 Å². The molecule has 0 radical (unpaired) electrons. The van der Waals surface area contributed by atoms with E-state index in [1.54, 1.807) is 13.3 Å². The number of fused-ring (bicyclic) bond motifs is 2. The van der Waals surface area contributed by atoms with Crippen LogP contribution in [0.3, 0.4) is 0 Å². The second-order valence-electron chi connectivity index (χ2n) is 8.10. The Morgan fingerprint density at radius 3 is 2.58 bits per heavy atom. The molecular formula is C27H26N2O2. The molecule has 1 aliphatic rings. The first-order valence-corrected chi connectivity index (χ1v) is 10.8. The molecule has 4 aromatic carbocycles. The molecule has 5 rings (SSSR count). The van der Waals surface area contributed by atoms with Crippen LogP contribution in [-0.2, 0) is 4.74 Å². The predicted molar refractivity (Wildman–Crippen MR) is 128 cm³/mol. The number of ether oxygens (including phenoxy) is 1. The fourth-order valence-electron chi connectivity index (χ4n) is 4.64. The van der Waals surface area contributed by atoms with Crippen molar-refractivity contribution in [3.05, 3.63) is 78.4 Å². The van der Waals surface area contributed by atoms with Crippen molar-refractivity contribution in [1.29, 1.82) is 0 Å². The van der Waals surface area contributed by atoms with Gasteiger partial charge in [0, 0.05) is 24.8 Å². The minimum absolute atomic E-state index is 0.265. The molecular weight excluding hydrogens is 384 g/mol. The molecule has 1 saturated heterocycles. The number of hydrogen-bond acceptors (Lipinski definition) is 4. The zero-order chi connectivity index (χ0) is 21.2. The first kappa shape index (κ1) is 19.6. The van der Waals surface area contributed by atoms with Crippen molar-refractivity contribution in [2.24, 2.45) is 5.10 Å². The minimum Gasteiger partial charge on any atom is -0.507 e. The summed E-state index contributed by atoms with van der Waals surface area (Å²) >= 11 is 0. The zero-order valence-corrected chi connectivity index (χ0v) is 17.7. The Bertz CT molecular complexity index is 1260. The van der Waals surface area contributed by atoms with Crippen LogP contribution < -0.4 is 0 Å². The third kappa shape index (κ3) is 3.64. The SMILES string of the molecule is COC[C@@H]1CCCN1/N=C/c1cc2ccccc2c(-c2cccc3ccccc23)c1O. The highest BCUT2D eigenvalue weighted by Crippen LogP contribution is 2.41. The lowest BCUT2D eigenvalue weighted by atomic mass is 9.91. The van der Waals surface area contributed by atoms with Gasteiger partial charge < -0.3 is 9.84 Å².